The Bertz CT molecular complexity index is 452. The van der Waals surface area contributed by atoms with Crippen LogP contribution in [0.25, 0.3) is 0 Å². The maximum Gasteiger partial charge on any atom is 0.410 e. The van der Waals surface area contributed by atoms with Crippen molar-refractivity contribution in [3.63, 3.8) is 0 Å². The van der Waals surface area contributed by atoms with Crippen molar-refractivity contribution in [2.24, 2.45) is 0 Å². The van der Waals surface area contributed by atoms with E-state index in [4.69, 9.17) is 9.47 Å². The molecule has 132 valence electrons. The lowest BCUT2D eigenvalue weighted by atomic mass is 10.1. The van der Waals surface area contributed by atoms with E-state index in [-0.39, 0.29) is 12.1 Å². The molecule has 0 aliphatic heterocycles. The third kappa shape index (κ3) is 7.69. The summed E-state index contributed by atoms with van der Waals surface area (Å²) in [6.45, 7) is 10.3. The number of methoxy groups -OCH3 is 2. The minimum absolute atomic E-state index is 0.135. The zero-order chi connectivity index (χ0) is 18.2. The topological polar surface area (TPSA) is 85.3 Å². The van der Waals surface area contributed by atoms with E-state index in [1.807, 2.05) is 0 Å². The van der Waals surface area contributed by atoms with Gasteiger partial charge in [0, 0.05) is 0 Å². The number of rotatable bonds is 7. The van der Waals surface area contributed by atoms with Gasteiger partial charge in [-0.2, -0.15) is 0 Å². The highest BCUT2D eigenvalue weighted by atomic mass is 16.6. The van der Waals surface area contributed by atoms with Crippen LogP contribution >= 0.6 is 0 Å². The molecule has 0 heterocycles. The third-order valence-electron chi connectivity index (χ3n) is 2.83. The molecular formula is C16H27NO6. The maximum absolute atomic E-state index is 12.3. The molecule has 0 bridgehead atoms. The smallest absolute Gasteiger partial charge is 0.410 e. The Morgan fingerprint density at radius 1 is 1.30 bits per heavy atom. The molecule has 0 fully saturated rings. The summed E-state index contributed by atoms with van der Waals surface area (Å²) in [7, 11) is 2.67. The largest absolute Gasteiger partial charge is 0.505 e. The average Bonchev–Trinajstić information content (AvgIpc) is 2.46. The number of esters is 1. The fraction of sp³-hybridized carbons (Fsp3) is 0.625. The Kier molecular flexibility index (Phi) is 8.39. The Balaban J connectivity index is 5.19. The molecular weight excluding hydrogens is 302 g/mol. The number of aliphatic hydroxyl groups excluding tert-OH is 1. The maximum atomic E-state index is 12.3. The Hall–Kier alpha value is -2.02. The summed E-state index contributed by atoms with van der Waals surface area (Å²) in [4.78, 5) is 25.0. The first-order valence-electron chi connectivity index (χ1n) is 7.17. The number of amides is 1. The molecule has 1 amide bonds. The van der Waals surface area contributed by atoms with Crippen molar-refractivity contribution in [1.82, 2.24) is 4.90 Å². The highest BCUT2D eigenvalue weighted by Gasteiger charge is 2.29. The van der Waals surface area contributed by atoms with Gasteiger partial charge in [-0.25, -0.2) is 9.59 Å². The minimum Gasteiger partial charge on any atom is -0.505 e. The number of carbonyl (C=O) groups is 2. The standard InChI is InChI=1S/C16H27NO6/c1-11(8-9-21-6)17(15(20)23-16(3,4)5)10-13(18)12(2)14(19)22-7/h8-9,11,13,18H,2,10H2,1,3-7H3/t11-,13?/m0/s1. The number of hydrogen-bond acceptors (Lipinski definition) is 6. The first kappa shape index (κ1) is 21.0. The van der Waals surface area contributed by atoms with Crippen LogP contribution in [0.15, 0.2) is 24.5 Å². The summed E-state index contributed by atoms with van der Waals surface area (Å²) in [5, 5.41) is 10.1. The monoisotopic (exact) mass is 329 g/mol. The SMILES string of the molecule is C=C(C(=O)OC)C(O)CN(C(=O)OC(C)(C)C)[C@@H](C)C=COC. The average molecular weight is 329 g/mol. The predicted octanol–water partition coefficient (Wildman–Crippen LogP) is 1.86. The van der Waals surface area contributed by atoms with Gasteiger partial charge in [-0.15, -0.1) is 0 Å². The van der Waals surface area contributed by atoms with Crippen LogP contribution in [0.1, 0.15) is 27.7 Å². The second-order valence-electron chi connectivity index (χ2n) is 5.97. The van der Waals surface area contributed by atoms with Gasteiger partial charge in [-0.1, -0.05) is 6.58 Å². The molecule has 0 saturated heterocycles. The van der Waals surface area contributed by atoms with Gasteiger partial charge in [0.15, 0.2) is 0 Å². The predicted molar refractivity (Wildman–Crippen MR) is 85.7 cm³/mol. The van der Waals surface area contributed by atoms with E-state index in [0.29, 0.717) is 0 Å². The van der Waals surface area contributed by atoms with Gasteiger partial charge in [0.05, 0.1) is 38.6 Å². The van der Waals surface area contributed by atoms with E-state index in [2.05, 4.69) is 11.3 Å². The van der Waals surface area contributed by atoms with E-state index < -0.39 is 29.8 Å². The summed E-state index contributed by atoms with van der Waals surface area (Å²) in [6.07, 6.45) is 1.15. The Morgan fingerprint density at radius 3 is 2.30 bits per heavy atom. The molecule has 0 spiro atoms. The van der Waals surface area contributed by atoms with Crippen molar-refractivity contribution in [2.75, 3.05) is 20.8 Å². The van der Waals surface area contributed by atoms with Crippen LogP contribution in [0.5, 0.6) is 0 Å². The van der Waals surface area contributed by atoms with E-state index in [1.54, 1.807) is 33.8 Å². The highest BCUT2D eigenvalue weighted by molar-refractivity contribution is 5.88. The Labute approximate surface area is 137 Å². The fourth-order valence-electron chi connectivity index (χ4n) is 1.59. The van der Waals surface area contributed by atoms with E-state index in [1.165, 1.54) is 25.4 Å². The zero-order valence-electron chi connectivity index (χ0n) is 14.7. The molecule has 0 aromatic carbocycles. The number of ether oxygens (including phenoxy) is 3. The van der Waals surface area contributed by atoms with Crippen LogP contribution < -0.4 is 0 Å². The van der Waals surface area contributed by atoms with Crippen LogP contribution in [0.4, 0.5) is 4.79 Å². The van der Waals surface area contributed by atoms with Crippen molar-refractivity contribution < 1.29 is 28.9 Å². The number of carbonyl (C=O) groups excluding carboxylic acids is 2. The van der Waals surface area contributed by atoms with Crippen molar-refractivity contribution in [1.29, 1.82) is 0 Å². The molecule has 1 N–H and O–H groups in total. The van der Waals surface area contributed by atoms with Crippen molar-refractivity contribution in [2.45, 2.75) is 45.4 Å². The molecule has 0 aliphatic carbocycles. The van der Waals surface area contributed by atoms with E-state index in [9.17, 15) is 14.7 Å². The molecule has 0 saturated carbocycles. The van der Waals surface area contributed by atoms with Crippen LogP contribution in [0, 0.1) is 0 Å². The second kappa shape index (κ2) is 9.19. The fourth-order valence-corrected chi connectivity index (χ4v) is 1.59. The molecule has 0 rings (SSSR count). The highest BCUT2D eigenvalue weighted by Crippen LogP contribution is 2.15. The van der Waals surface area contributed by atoms with Gasteiger partial charge in [-0.05, 0) is 33.8 Å². The summed E-state index contributed by atoms with van der Waals surface area (Å²) in [6, 6.07) is -0.426. The van der Waals surface area contributed by atoms with Crippen molar-refractivity contribution >= 4 is 12.1 Å². The molecule has 2 atom stereocenters. The molecule has 0 aromatic heterocycles. The van der Waals surface area contributed by atoms with Crippen molar-refractivity contribution in [3.8, 4) is 0 Å². The normalized spacial score (nSPS) is 14.0. The van der Waals surface area contributed by atoms with E-state index >= 15 is 0 Å². The molecule has 0 aliphatic rings. The molecule has 0 aromatic rings. The summed E-state index contributed by atoms with van der Waals surface area (Å²) < 4.78 is 14.7. The van der Waals surface area contributed by atoms with Crippen LogP contribution in [-0.2, 0) is 19.0 Å². The van der Waals surface area contributed by atoms with Gasteiger partial charge in [0.1, 0.15) is 11.7 Å². The molecule has 7 nitrogen and oxygen atoms in total. The lowest BCUT2D eigenvalue weighted by molar-refractivity contribution is -0.137. The number of nitrogens with zero attached hydrogens (tertiary/aromatic N) is 1. The minimum atomic E-state index is -1.27. The summed E-state index contributed by atoms with van der Waals surface area (Å²) in [5.41, 5.74) is -0.825. The second-order valence-corrected chi connectivity index (χ2v) is 5.97. The molecule has 23 heavy (non-hydrogen) atoms. The molecule has 0 radical (unpaired) electrons. The van der Waals surface area contributed by atoms with Gasteiger partial charge in [0.25, 0.3) is 0 Å². The van der Waals surface area contributed by atoms with Crippen molar-refractivity contribution in [3.05, 3.63) is 24.5 Å². The first-order valence-corrected chi connectivity index (χ1v) is 7.17. The molecule has 7 heteroatoms. The van der Waals surface area contributed by atoms with Gasteiger partial charge in [-0.3, -0.25) is 4.90 Å². The lowest BCUT2D eigenvalue weighted by Gasteiger charge is -2.31. The van der Waals surface area contributed by atoms with Gasteiger partial charge in [0.2, 0.25) is 0 Å². The Morgan fingerprint density at radius 2 is 1.87 bits per heavy atom. The third-order valence-corrected chi connectivity index (χ3v) is 2.83. The van der Waals surface area contributed by atoms with Crippen LogP contribution in [0.3, 0.4) is 0 Å². The van der Waals surface area contributed by atoms with E-state index in [0.717, 1.165) is 0 Å². The van der Waals surface area contributed by atoms with Crippen LogP contribution in [-0.4, -0.2) is 60.6 Å². The number of hydrogen-bond donors (Lipinski definition) is 1. The van der Waals surface area contributed by atoms with Gasteiger partial charge >= 0.3 is 12.1 Å². The summed E-state index contributed by atoms with van der Waals surface area (Å²) in [5.74, 6) is -0.735. The molecule has 1 unspecified atom stereocenters. The lowest BCUT2D eigenvalue weighted by Crippen LogP contribution is -2.46. The zero-order valence-corrected chi connectivity index (χ0v) is 14.7. The number of aliphatic hydroxyl groups is 1. The van der Waals surface area contributed by atoms with Crippen LogP contribution in [0.2, 0.25) is 0 Å². The quantitative estimate of drug-likeness (QED) is 0.436. The first-order chi connectivity index (χ1) is 10.5. The summed E-state index contributed by atoms with van der Waals surface area (Å²) >= 11 is 0. The van der Waals surface area contributed by atoms with Gasteiger partial charge < -0.3 is 19.3 Å².